The second kappa shape index (κ2) is 7.01. The van der Waals surface area contributed by atoms with Crippen LogP contribution in [0.4, 0.5) is 4.39 Å². The number of carbonyl (C=O) groups is 2. The third-order valence-electron chi connectivity index (χ3n) is 3.21. The van der Waals surface area contributed by atoms with E-state index in [1.54, 1.807) is 0 Å². The summed E-state index contributed by atoms with van der Waals surface area (Å²) in [5.41, 5.74) is -0.391. The number of nitrogens with one attached hydrogen (secondary N) is 1. The van der Waals surface area contributed by atoms with Crippen LogP contribution in [0.3, 0.4) is 0 Å². The van der Waals surface area contributed by atoms with Crippen molar-refractivity contribution in [3.8, 4) is 0 Å². The van der Waals surface area contributed by atoms with E-state index in [0.717, 1.165) is 23.1 Å². The lowest BCUT2D eigenvalue weighted by Crippen LogP contribution is -2.38. The molecular formula is C15H15FN2O5. The van der Waals surface area contributed by atoms with Crippen molar-refractivity contribution in [1.29, 1.82) is 0 Å². The lowest BCUT2D eigenvalue weighted by molar-refractivity contribution is -0.137. The average Bonchev–Trinajstić information content (AvgIpc) is 2.49. The number of amides is 1. The molecule has 0 fully saturated rings. The van der Waals surface area contributed by atoms with Crippen molar-refractivity contribution >= 4 is 22.8 Å². The number of aliphatic carboxylic acids is 1. The summed E-state index contributed by atoms with van der Waals surface area (Å²) in [6.45, 7) is -0.330. The highest BCUT2D eigenvalue weighted by atomic mass is 19.1. The topological polar surface area (TPSA) is 99.7 Å². The summed E-state index contributed by atoms with van der Waals surface area (Å²) < 4.78 is 18.1. The van der Waals surface area contributed by atoms with Crippen LogP contribution in [0, 0.1) is 5.82 Å². The number of methoxy groups -OCH3 is 1. The van der Waals surface area contributed by atoms with E-state index in [1.807, 2.05) is 0 Å². The highest BCUT2D eigenvalue weighted by Gasteiger charge is 2.21. The lowest BCUT2D eigenvalue weighted by Gasteiger charge is -2.21. The fourth-order valence-electron chi connectivity index (χ4n) is 2.20. The number of ether oxygens (including phenoxy) is 1. The molecule has 2 aromatic rings. The van der Waals surface area contributed by atoms with E-state index in [9.17, 15) is 18.8 Å². The third-order valence-corrected chi connectivity index (χ3v) is 3.21. The Morgan fingerprint density at radius 3 is 2.74 bits per heavy atom. The van der Waals surface area contributed by atoms with E-state index in [-0.39, 0.29) is 24.2 Å². The lowest BCUT2D eigenvalue weighted by atomic mass is 10.1. The molecule has 0 saturated carbocycles. The minimum Gasteiger partial charge on any atom is -0.480 e. The number of aromatic nitrogens is 1. The number of hydrogen-bond acceptors (Lipinski definition) is 4. The molecule has 1 heterocycles. The van der Waals surface area contributed by atoms with Crippen molar-refractivity contribution in [2.24, 2.45) is 0 Å². The van der Waals surface area contributed by atoms with Gasteiger partial charge >= 0.3 is 5.97 Å². The van der Waals surface area contributed by atoms with E-state index in [0.29, 0.717) is 5.39 Å². The maximum absolute atomic E-state index is 13.3. The van der Waals surface area contributed by atoms with Gasteiger partial charge in [0.25, 0.3) is 5.91 Å². The smallest absolute Gasteiger partial charge is 0.323 e. The van der Waals surface area contributed by atoms with Gasteiger partial charge in [0, 0.05) is 25.1 Å². The molecule has 0 aliphatic rings. The van der Waals surface area contributed by atoms with Crippen LogP contribution in [0.25, 0.3) is 10.9 Å². The molecule has 8 heteroatoms. The molecular weight excluding hydrogens is 307 g/mol. The number of nitrogens with zero attached hydrogens (tertiary/aromatic N) is 1. The van der Waals surface area contributed by atoms with Crippen molar-refractivity contribution in [3.63, 3.8) is 0 Å². The number of aromatic amines is 1. The van der Waals surface area contributed by atoms with Gasteiger partial charge in [-0.15, -0.1) is 0 Å². The van der Waals surface area contributed by atoms with Gasteiger partial charge in [-0.1, -0.05) is 0 Å². The third kappa shape index (κ3) is 3.92. The summed E-state index contributed by atoms with van der Waals surface area (Å²) in [5.74, 6) is -2.37. The summed E-state index contributed by atoms with van der Waals surface area (Å²) in [5, 5.41) is 9.27. The van der Waals surface area contributed by atoms with Crippen LogP contribution in [0.5, 0.6) is 0 Å². The average molecular weight is 322 g/mol. The molecule has 0 aliphatic heterocycles. The predicted molar refractivity (Wildman–Crippen MR) is 79.9 cm³/mol. The van der Waals surface area contributed by atoms with Gasteiger partial charge < -0.3 is 19.7 Å². The maximum Gasteiger partial charge on any atom is 0.323 e. The quantitative estimate of drug-likeness (QED) is 0.821. The molecule has 2 N–H and O–H groups in total. The van der Waals surface area contributed by atoms with Crippen molar-refractivity contribution in [2.75, 3.05) is 26.8 Å². The molecule has 1 aromatic carbocycles. The number of hydrogen-bond donors (Lipinski definition) is 2. The Hall–Kier alpha value is -2.74. The van der Waals surface area contributed by atoms with Crippen LogP contribution < -0.4 is 5.56 Å². The summed E-state index contributed by atoms with van der Waals surface area (Å²) in [4.78, 5) is 38.7. The van der Waals surface area contributed by atoms with E-state index < -0.39 is 29.8 Å². The molecule has 0 spiro atoms. The van der Waals surface area contributed by atoms with Gasteiger partial charge in [0.1, 0.15) is 12.4 Å². The SMILES string of the molecule is COCCN(CC(=O)O)C(=O)c1cc(=O)[nH]c2cc(F)ccc12. The molecule has 0 aliphatic carbocycles. The number of H-pyrrole nitrogens is 1. The normalized spacial score (nSPS) is 10.7. The molecule has 122 valence electrons. The molecule has 0 bridgehead atoms. The molecule has 7 nitrogen and oxygen atoms in total. The van der Waals surface area contributed by atoms with Crippen LogP contribution >= 0.6 is 0 Å². The van der Waals surface area contributed by atoms with Crippen LogP contribution in [-0.4, -0.2) is 53.7 Å². The van der Waals surface area contributed by atoms with Crippen molar-refractivity contribution < 1.29 is 23.8 Å². The van der Waals surface area contributed by atoms with Crippen LogP contribution in [0.15, 0.2) is 29.1 Å². The fraction of sp³-hybridized carbons (Fsp3) is 0.267. The summed E-state index contributed by atoms with van der Waals surface area (Å²) in [6, 6.07) is 4.70. The van der Waals surface area contributed by atoms with Gasteiger partial charge in [0.15, 0.2) is 0 Å². The van der Waals surface area contributed by atoms with Gasteiger partial charge in [0.2, 0.25) is 5.56 Å². The number of rotatable bonds is 6. The van der Waals surface area contributed by atoms with E-state index in [2.05, 4.69) is 4.98 Å². The summed E-state index contributed by atoms with van der Waals surface area (Å²) >= 11 is 0. The Bertz CT molecular complexity index is 802. The number of carboxylic acid groups (broad SMARTS) is 1. The van der Waals surface area contributed by atoms with Gasteiger partial charge in [-0.3, -0.25) is 14.4 Å². The van der Waals surface area contributed by atoms with E-state index >= 15 is 0 Å². The first-order valence-electron chi connectivity index (χ1n) is 6.75. The van der Waals surface area contributed by atoms with Crippen LogP contribution in [0.1, 0.15) is 10.4 Å². The van der Waals surface area contributed by atoms with Crippen LogP contribution in [-0.2, 0) is 9.53 Å². The van der Waals surface area contributed by atoms with Gasteiger partial charge in [-0.05, 0) is 18.2 Å². The molecule has 0 unspecified atom stereocenters. The number of benzene rings is 1. The molecule has 1 amide bonds. The highest BCUT2D eigenvalue weighted by molar-refractivity contribution is 6.06. The zero-order valence-corrected chi connectivity index (χ0v) is 12.3. The van der Waals surface area contributed by atoms with Crippen LogP contribution in [0.2, 0.25) is 0 Å². The standard InChI is InChI=1S/C15H15FN2O5/c1-23-5-4-18(8-14(20)21)15(22)11-7-13(19)17-12-6-9(16)2-3-10(11)12/h2-3,6-7H,4-5,8H2,1H3,(H,17,19)(H,20,21). The van der Waals surface area contributed by atoms with Gasteiger partial charge in [-0.2, -0.15) is 0 Å². The monoisotopic (exact) mass is 322 g/mol. The molecule has 0 atom stereocenters. The van der Waals surface area contributed by atoms with Gasteiger partial charge in [-0.25, -0.2) is 4.39 Å². The Morgan fingerprint density at radius 2 is 2.09 bits per heavy atom. The van der Waals surface area contributed by atoms with Crippen molar-refractivity contribution in [1.82, 2.24) is 9.88 Å². The largest absolute Gasteiger partial charge is 0.480 e. The summed E-state index contributed by atoms with van der Waals surface area (Å²) in [6.07, 6.45) is 0. The number of carbonyl (C=O) groups excluding carboxylic acids is 1. The second-order valence-corrected chi connectivity index (χ2v) is 4.85. The molecule has 23 heavy (non-hydrogen) atoms. The zero-order chi connectivity index (χ0) is 17.0. The van der Waals surface area contributed by atoms with E-state index in [1.165, 1.54) is 13.2 Å². The fourth-order valence-corrected chi connectivity index (χ4v) is 2.20. The Kier molecular flexibility index (Phi) is 5.07. The zero-order valence-electron chi connectivity index (χ0n) is 12.3. The minimum absolute atomic E-state index is 0.0149. The first-order chi connectivity index (χ1) is 10.9. The Labute approximate surface area is 130 Å². The number of halogens is 1. The van der Waals surface area contributed by atoms with Crippen molar-refractivity contribution in [2.45, 2.75) is 0 Å². The first-order valence-corrected chi connectivity index (χ1v) is 6.75. The number of pyridine rings is 1. The highest BCUT2D eigenvalue weighted by Crippen LogP contribution is 2.18. The minimum atomic E-state index is -1.19. The number of carboxylic acids is 1. The maximum atomic E-state index is 13.3. The Morgan fingerprint density at radius 1 is 1.35 bits per heavy atom. The first kappa shape index (κ1) is 16.6. The predicted octanol–water partition coefficient (Wildman–Crippen LogP) is 0.840. The Balaban J connectivity index is 2.49. The molecule has 0 saturated heterocycles. The van der Waals surface area contributed by atoms with Crippen molar-refractivity contribution in [3.05, 3.63) is 46.0 Å². The molecule has 0 radical (unpaired) electrons. The number of fused-ring (bicyclic) bond motifs is 1. The summed E-state index contributed by atoms with van der Waals surface area (Å²) in [7, 11) is 1.43. The second-order valence-electron chi connectivity index (χ2n) is 4.85. The van der Waals surface area contributed by atoms with E-state index in [4.69, 9.17) is 9.84 Å². The molecule has 1 aromatic heterocycles. The molecule has 2 rings (SSSR count). The van der Waals surface area contributed by atoms with Gasteiger partial charge in [0.05, 0.1) is 17.7 Å².